The van der Waals surface area contributed by atoms with Crippen molar-refractivity contribution >= 4 is 17.3 Å². The van der Waals surface area contributed by atoms with E-state index in [-0.39, 0.29) is 11.6 Å². The Kier molecular flexibility index (Phi) is 4.22. The van der Waals surface area contributed by atoms with Gasteiger partial charge < -0.3 is 10.6 Å². The molecule has 0 bridgehead atoms. The van der Waals surface area contributed by atoms with Crippen molar-refractivity contribution in [2.24, 2.45) is 0 Å². The van der Waals surface area contributed by atoms with Gasteiger partial charge in [-0.15, -0.1) is 0 Å². The number of hydrogen-bond donors (Lipinski definition) is 3. The van der Waals surface area contributed by atoms with Crippen LogP contribution in [0.2, 0.25) is 0 Å². The zero-order chi connectivity index (χ0) is 16.2. The van der Waals surface area contributed by atoms with Gasteiger partial charge in [0, 0.05) is 42.5 Å². The van der Waals surface area contributed by atoms with Gasteiger partial charge in [0.15, 0.2) is 0 Å². The summed E-state index contributed by atoms with van der Waals surface area (Å²) in [6.45, 7) is 0.949. The predicted molar refractivity (Wildman–Crippen MR) is 84.5 cm³/mol. The SMILES string of the molecule is O=C(NCCNc1ccc([N+](=O)[O-])cc1)c1cc(C2CC2)[nH]n1. The Morgan fingerprint density at radius 1 is 1.30 bits per heavy atom. The summed E-state index contributed by atoms with van der Waals surface area (Å²) in [5, 5.41) is 23.3. The standard InChI is InChI=1S/C15H17N5O3/c21-15(14-9-13(18-19-14)10-1-2-10)17-8-7-16-11-3-5-12(6-4-11)20(22)23/h3-6,9-10,16H,1-2,7-8H2,(H,17,21)(H,18,19). The zero-order valence-corrected chi connectivity index (χ0v) is 12.4. The summed E-state index contributed by atoms with van der Waals surface area (Å²) in [7, 11) is 0. The molecule has 1 heterocycles. The molecule has 1 saturated carbocycles. The Bertz CT molecular complexity index is 706. The summed E-state index contributed by atoms with van der Waals surface area (Å²) in [6.07, 6.45) is 2.31. The molecule has 1 amide bonds. The lowest BCUT2D eigenvalue weighted by atomic mass is 10.2. The van der Waals surface area contributed by atoms with Crippen molar-refractivity contribution in [1.82, 2.24) is 15.5 Å². The second kappa shape index (κ2) is 6.47. The van der Waals surface area contributed by atoms with Crippen LogP contribution in [0, 0.1) is 10.1 Å². The molecule has 0 radical (unpaired) electrons. The number of H-pyrrole nitrogens is 1. The first-order valence-corrected chi connectivity index (χ1v) is 7.45. The minimum atomic E-state index is -0.441. The summed E-state index contributed by atoms with van der Waals surface area (Å²) >= 11 is 0. The van der Waals surface area contributed by atoms with E-state index in [9.17, 15) is 14.9 Å². The molecule has 1 aromatic carbocycles. The molecule has 0 atom stereocenters. The summed E-state index contributed by atoms with van der Waals surface area (Å²) in [6, 6.07) is 7.94. The van der Waals surface area contributed by atoms with Crippen LogP contribution in [-0.4, -0.2) is 34.1 Å². The van der Waals surface area contributed by atoms with Crippen LogP contribution >= 0.6 is 0 Å². The second-order valence-corrected chi connectivity index (χ2v) is 5.47. The third kappa shape index (κ3) is 3.85. The molecule has 3 rings (SSSR count). The van der Waals surface area contributed by atoms with Gasteiger partial charge >= 0.3 is 0 Å². The number of anilines is 1. The van der Waals surface area contributed by atoms with Crippen molar-refractivity contribution < 1.29 is 9.72 Å². The number of aromatic amines is 1. The molecule has 3 N–H and O–H groups in total. The first-order valence-electron chi connectivity index (χ1n) is 7.45. The molecule has 2 aromatic rings. The fourth-order valence-corrected chi connectivity index (χ4v) is 2.23. The summed E-state index contributed by atoms with van der Waals surface area (Å²) in [5.41, 5.74) is 2.25. The van der Waals surface area contributed by atoms with Gasteiger partial charge in [0.2, 0.25) is 0 Å². The lowest BCUT2D eigenvalue weighted by molar-refractivity contribution is -0.384. The molecular weight excluding hydrogens is 298 g/mol. The maximum atomic E-state index is 11.9. The lowest BCUT2D eigenvalue weighted by Gasteiger charge is -2.06. The monoisotopic (exact) mass is 315 g/mol. The number of nitrogens with one attached hydrogen (secondary N) is 3. The van der Waals surface area contributed by atoms with E-state index in [1.807, 2.05) is 0 Å². The average molecular weight is 315 g/mol. The number of nitro benzene ring substituents is 1. The number of carbonyl (C=O) groups is 1. The quantitative estimate of drug-likeness (QED) is 0.411. The highest BCUT2D eigenvalue weighted by atomic mass is 16.6. The number of hydrogen-bond acceptors (Lipinski definition) is 5. The van der Waals surface area contributed by atoms with Gasteiger partial charge in [-0.3, -0.25) is 20.0 Å². The molecule has 0 unspecified atom stereocenters. The number of carbonyl (C=O) groups excluding carboxylic acids is 1. The molecule has 120 valence electrons. The van der Waals surface area contributed by atoms with E-state index >= 15 is 0 Å². The number of nitro groups is 1. The summed E-state index contributed by atoms with van der Waals surface area (Å²) in [5.74, 6) is 0.325. The van der Waals surface area contributed by atoms with Crippen LogP contribution in [0.4, 0.5) is 11.4 Å². The molecule has 8 nitrogen and oxygen atoms in total. The van der Waals surface area contributed by atoms with Gasteiger partial charge in [-0.25, -0.2) is 0 Å². The third-order valence-corrected chi connectivity index (χ3v) is 3.67. The highest BCUT2D eigenvalue weighted by Crippen LogP contribution is 2.38. The number of amides is 1. The second-order valence-electron chi connectivity index (χ2n) is 5.47. The van der Waals surface area contributed by atoms with E-state index in [0.717, 1.165) is 24.2 Å². The minimum absolute atomic E-state index is 0.0499. The Hall–Kier alpha value is -2.90. The molecule has 0 spiro atoms. The van der Waals surface area contributed by atoms with Crippen molar-refractivity contribution in [2.75, 3.05) is 18.4 Å². The van der Waals surface area contributed by atoms with Crippen LogP contribution in [0.5, 0.6) is 0 Å². The van der Waals surface area contributed by atoms with Gasteiger partial charge in [-0.2, -0.15) is 5.10 Å². The molecule has 0 aliphatic heterocycles. The van der Waals surface area contributed by atoms with E-state index in [4.69, 9.17) is 0 Å². The van der Waals surface area contributed by atoms with E-state index in [1.165, 1.54) is 12.1 Å². The predicted octanol–water partition coefficient (Wildman–Crippen LogP) is 2.04. The highest BCUT2D eigenvalue weighted by molar-refractivity contribution is 5.92. The van der Waals surface area contributed by atoms with Crippen molar-refractivity contribution in [1.29, 1.82) is 0 Å². The summed E-state index contributed by atoms with van der Waals surface area (Å²) < 4.78 is 0. The summed E-state index contributed by atoms with van der Waals surface area (Å²) in [4.78, 5) is 22.1. The van der Waals surface area contributed by atoms with Gasteiger partial charge in [-0.1, -0.05) is 0 Å². The molecule has 0 saturated heterocycles. The normalized spacial score (nSPS) is 13.6. The topological polar surface area (TPSA) is 113 Å². The Balaban J connectivity index is 1.41. The van der Waals surface area contributed by atoms with Crippen molar-refractivity contribution in [3.05, 3.63) is 51.8 Å². The average Bonchev–Trinajstić information content (AvgIpc) is 3.29. The molecule has 8 heteroatoms. The van der Waals surface area contributed by atoms with Crippen molar-refractivity contribution in [3.63, 3.8) is 0 Å². The number of rotatable bonds is 7. The maximum absolute atomic E-state index is 11.9. The van der Waals surface area contributed by atoms with E-state index in [2.05, 4.69) is 20.8 Å². The highest BCUT2D eigenvalue weighted by Gasteiger charge is 2.26. The van der Waals surface area contributed by atoms with Crippen LogP contribution < -0.4 is 10.6 Å². The van der Waals surface area contributed by atoms with Gasteiger partial charge in [0.1, 0.15) is 5.69 Å². The Morgan fingerprint density at radius 2 is 2.04 bits per heavy atom. The maximum Gasteiger partial charge on any atom is 0.271 e. The van der Waals surface area contributed by atoms with Crippen LogP contribution in [0.3, 0.4) is 0 Å². The zero-order valence-electron chi connectivity index (χ0n) is 12.4. The number of nitrogens with zero attached hydrogens (tertiary/aromatic N) is 2. The fourth-order valence-electron chi connectivity index (χ4n) is 2.23. The Morgan fingerprint density at radius 3 is 2.70 bits per heavy atom. The van der Waals surface area contributed by atoms with E-state index < -0.39 is 4.92 Å². The van der Waals surface area contributed by atoms with Crippen LogP contribution in [0.15, 0.2) is 30.3 Å². The van der Waals surface area contributed by atoms with E-state index in [0.29, 0.717) is 24.7 Å². The first kappa shape index (κ1) is 15.0. The van der Waals surface area contributed by atoms with Gasteiger partial charge in [0.05, 0.1) is 4.92 Å². The largest absolute Gasteiger partial charge is 0.383 e. The van der Waals surface area contributed by atoms with Crippen molar-refractivity contribution in [2.45, 2.75) is 18.8 Å². The molecule has 1 fully saturated rings. The molecule has 1 aliphatic carbocycles. The number of aromatic nitrogens is 2. The number of non-ortho nitro benzene ring substituents is 1. The smallest absolute Gasteiger partial charge is 0.271 e. The van der Waals surface area contributed by atoms with Crippen LogP contribution in [0.25, 0.3) is 0 Å². The fraction of sp³-hybridized carbons (Fsp3) is 0.333. The van der Waals surface area contributed by atoms with Gasteiger partial charge in [-0.05, 0) is 31.0 Å². The molecule has 23 heavy (non-hydrogen) atoms. The molecular formula is C15H17N5O3. The lowest BCUT2D eigenvalue weighted by Crippen LogP contribution is -2.29. The number of benzene rings is 1. The van der Waals surface area contributed by atoms with Gasteiger partial charge in [0.25, 0.3) is 11.6 Å². The molecule has 1 aliphatic rings. The van der Waals surface area contributed by atoms with Crippen molar-refractivity contribution in [3.8, 4) is 0 Å². The van der Waals surface area contributed by atoms with Crippen LogP contribution in [-0.2, 0) is 0 Å². The molecule has 1 aromatic heterocycles. The third-order valence-electron chi connectivity index (χ3n) is 3.67. The minimum Gasteiger partial charge on any atom is -0.383 e. The first-order chi connectivity index (χ1) is 11.1. The van der Waals surface area contributed by atoms with Crippen LogP contribution in [0.1, 0.15) is 34.9 Å². The van der Waals surface area contributed by atoms with E-state index in [1.54, 1.807) is 18.2 Å². The Labute approximate surface area is 132 Å².